The van der Waals surface area contributed by atoms with E-state index in [0.29, 0.717) is 22.5 Å². The largest absolute Gasteiger partial charge is 0.212 e. The first-order valence-corrected chi connectivity index (χ1v) is 14.1. The summed E-state index contributed by atoms with van der Waals surface area (Å²) in [4.78, 5) is 1.65. The molecular formula is C25H48O2S2. The molecule has 0 bridgehead atoms. The molecule has 0 N–H and O–H groups in total. The van der Waals surface area contributed by atoms with Gasteiger partial charge in [-0.05, 0) is 25.7 Å². The van der Waals surface area contributed by atoms with Crippen molar-refractivity contribution in [1.29, 1.82) is 0 Å². The molecule has 0 radical (unpaired) electrons. The lowest BCUT2D eigenvalue weighted by atomic mass is 10.0. The van der Waals surface area contributed by atoms with Gasteiger partial charge in [-0.1, -0.05) is 123 Å². The van der Waals surface area contributed by atoms with E-state index in [0.717, 1.165) is 35.4 Å². The van der Waals surface area contributed by atoms with E-state index in [9.17, 15) is 8.42 Å². The van der Waals surface area contributed by atoms with Gasteiger partial charge in [0.2, 0.25) is 0 Å². The highest BCUT2D eigenvalue weighted by Gasteiger charge is 2.08. The molecule has 0 aromatic rings. The Bertz CT molecular complexity index is 463. The predicted octanol–water partition coefficient (Wildman–Crippen LogP) is 7.99. The molecular weight excluding hydrogens is 396 g/mol. The Hall–Kier alpha value is -0.220. The van der Waals surface area contributed by atoms with Gasteiger partial charge >= 0.3 is 0 Å². The van der Waals surface area contributed by atoms with Gasteiger partial charge in [0.25, 0.3) is 0 Å². The molecule has 2 nitrogen and oxygen atoms in total. The fourth-order valence-corrected chi connectivity index (χ4v) is 4.87. The van der Waals surface area contributed by atoms with Crippen LogP contribution in [0.15, 0.2) is 0 Å². The summed E-state index contributed by atoms with van der Waals surface area (Å²) in [5.41, 5.74) is 0. The van der Waals surface area contributed by atoms with Gasteiger partial charge in [-0.3, -0.25) is 0 Å². The van der Waals surface area contributed by atoms with E-state index in [4.69, 9.17) is 0 Å². The fraction of sp³-hybridized carbons (Fsp3) is 0.920. The van der Waals surface area contributed by atoms with Gasteiger partial charge in [0, 0.05) is 0 Å². The minimum atomic E-state index is 0.569. The zero-order valence-corrected chi connectivity index (χ0v) is 21.1. The van der Waals surface area contributed by atoms with Gasteiger partial charge in [-0.2, -0.15) is 0 Å². The highest BCUT2D eigenvalue weighted by atomic mass is 32.1. The van der Waals surface area contributed by atoms with Crippen LogP contribution in [0.2, 0.25) is 0 Å². The van der Waals surface area contributed by atoms with Crippen molar-refractivity contribution in [3.8, 4) is 0 Å². The third kappa shape index (κ3) is 19.5. The Balaban J connectivity index is 3.71. The van der Waals surface area contributed by atoms with E-state index < -0.39 is 0 Å². The van der Waals surface area contributed by atoms with E-state index >= 15 is 0 Å². The van der Waals surface area contributed by atoms with Gasteiger partial charge in [-0.15, -0.1) is 0 Å². The van der Waals surface area contributed by atoms with Crippen LogP contribution >= 0.6 is 0 Å². The maximum atomic E-state index is 11.5. The maximum Gasteiger partial charge on any atom is 0.0933 e. The van der Waals surface area contributed by atoms with Crippen molar-refractivity contribution in [2.24, 2.45) is 0 Å². The second-order valence-corrected chi connectivity index (χ2v) is 9.84. The summed E-state index contributed by atoms with van der Waals surface area (Å²) in [5.74, 6) is 0. The lowest BCUT2D eigenvalue weighted by molar-refractivity contribution is 0.552. The Kier molecular flexibility index (Phi) is 23.9. The molecule has 4 heteroatoms. The minimum Gasteiger partial charge on any atom is -0.212 e. The van der Waals surface area contributed by atoms with Crippen molar-refractivity contribution < 1.29 is 8.42 Å². The molecule has 0 aromatic heterocycles. The number of rotatable bonds is 22. The van der Waals surface area contributed by atoms with Crippen molar-refractivity contribution in [3.63, 3.8) is 0 Å². The zero-order valence-electron chi connectivity index (χ0n) is 19.5. The molecule has 0 aliphatic heterocycles. The van der Waals surface area contributed by atoms with Crippen molar-refractivity contribution in [2.75, 3.05) is 0 Å². The van der Waals surface area contributed by atoms with Crippen LogP contribution in [-0.4, -0.2) is 18.1 Å². The lowest BCUT2D eigenvalue weighted by Crippen LogP contribution is -2.14. The molecule has 0 heterocycles. The molecule has 0 amide bonds. The average molecular weight is 445 g/mol. The molecule has 0 fully saturated rings. The lowest BCUT2D eigenvalue weighted by Gasteiger charge is -2.06. The van der Waals surface area contributed by atoms with E-state index in [2.05, 4.69) is 13.8 Å². The smallest absolute Gasteiger partial charge is 0.0933 e. The van der Waals surface area contributed by atoms with Crippen molar-refractivity contribution in [3.05, 3.63) is 0 Å². The van der Waals surface area contributed by atoms with Gasteiger partial charge in [0.15, 0.2) is 0 Å². The molecule has 0 spiro atoms. The van der Waals surface area contributed by atoms with Gasteiger partial charge in [0.05, 0.1) is 32.2 Å². The highest BCUT2D eigenvalue weighted by molar-refractivity contribution is 7.76. The molecule has 0 saturated carbocycles. The fourth-order valence-electron chi connectivity index (χ4n) is 3.82. The SMILES string of the molecule is CCCCCCCCCCCCCC(=S=O)C(CCCCCCCCCC)=S=O. The van der Waals surface area contributed by atoms with E-state index in [1.807, 2.05) is 0 Å². The number of hydrogen-bond donors (Lipinski definition) is 0. The van der Waals surface area contributed by atoms with E-state index in [1.54, 1.807) is 0 Å². The van der Waals surface area contributed by atoms with Crippen LogP contribution in [0.3, 0.4) is 0 Å². The Morgan fingerprint density at radius 1 is 0.414 bits per heavy atom. The summed E-state index contributed by atoms with van der Waals surface area (Å²) in [6.45, 7) is 4.51. The van der Waals surface area contributed by atoms with Crippen LogP contribution in [0.4, 0.5) is 0 Å². The van der Waals surface area contributed by atoms with Crippen LogP contribution in [0.1, 0.15) is 149 Å². The second kappa shape index (κ2) is 24.1. The molecule has 0 aliphatic carbocycles. The molecule has 0 atom stereocenters. The van der Waals surface area contributed by atoms with Gasteiger partial charge in [-0.25, -0.2) is 8.42 Å². The zero-order chi connectivity index (χ0) is 21.4. The molecule has 0 rings (SSSR count). The first-order valence-electron chi connectivity index (χ1n) is 12.6. The summed E-state index contributed by atoms with van der Waals surface area (Å²) in [6, 6.07) is 0. The average Bonchev–Trinajstić information content (AvgIpc) is 2.74. The first kappa shape index (κ1) is 28.8. The van der Waals surface area contributed by atoms with E-state index in [-0.39, 0.29) is 0 Å². The summed E-state index contributed by atoms with van der Waals surface area (Å²) < 4.78 is 23.0. The third-order valence-corrected chi connectivity index (χ3v) is 7.21. The molecule has 172 valence electrons. The van der Waals surface area contributed by atoms with Crippen molar-refractivity contribution in [1.82, 2.24) is 0 Å². The summed E-state index contributed by atoms with van der Waals surface area (Å²) >= 11 is 1.14. The normalized spacial score (nSPS) is 10.8. The third-order valence-electron chi connectivity index (χ3n) is 5.78. The number of hydrogen-bond acceptors (Lipinski definition) is 2. The molecule has 0 aliphatic rings. The monoisotopic (exact) mass is 444 g/mol. The Morgan fingerprint density at radius 2 is 0.655 bits per heavy atom. The second-order valence-electron chi connectivity index (χ2n) is 8.52. The van der Waals surface area contributed by atoms with Gasteiger partial charge in [0.1, 0.15) is 0 Å². The van der Waals surface area contributed by atoms with Crippen LogP contribution in [0.25, 0.3) is 0 Å². The predicted molar refractivity (Wildman–Crippen MR) is 135 cm³/mol. The first-order chi connectivity index (χ1) is 14.3. The van der Waals surface area contributed by atoms with Crippen LogP contribution in [0.5, 0.6) is 0 Å². The highest BCUT2D eigenvalue weighted by Crippen LogP contribution is 2.13. The Morgan fingerprint density at radius 3 is 0.897 bits per heavy atom. The summed E-state index contributed by atoms with van der Waals surface area (Å²) in [5, 5.41) is 0. The number of unbranched alkanes of at least 4 members (excludes halogenated alkanes) is 17. The minimum absolute atomic E-state index is 0.569. The van der Waals surface area contributed by atoms with Crippen molar-refractivity contribution >= 4 is 32.2 Å². The van der Waals surface area contributed by atoms with Crippen LogP contribution < -0.4 is 0 Å². The topological polar surface area (TPSA) is 34.1 Å². The van der Waals surface area contributed by atoms with E-state index in [1.165, 1.54) is 109 Å². The molecule has 0 aromatic carbocycles. The van der Waals surface area contributed by atoms with Crippen molar-refractivity contribution in [2.45, 2.75) is 149 Å². The molecule has 0 unspecified atom stereocenters. The summed E-state index contributed by atoms with van der Waals surface area (Å²) in [7, 11) is 0. The van der Waals surface area contributed by atoms with Crippen LogP contribution in [-0.2, 0) is 22.5 Å². The standard InChI is InChI=1S/C25H48O2S2/c1-3-5-7-9-11-13-14-15-17-19-21-23-25(29-27)24(28-26)22-20-18-16-12-10-8-6-4-2/h3-23H2,1-2H3. The molecule has 0 saturated heterocycles. The molecule has 29 heavy (non-hydrogen) atoms. The Labute approximate surface area is 189 Å². The maximum absolute atomic E-state index is 11.5. The van der Waals surface area contributed by atoms with Crippen LogP contribution in [0, 0.1) is 0 Å². The summed E-state index contributed by atoms with van der Waals surface area (Å²) in [6.07, 6.45) is 26.2. The van der Waals surface area contributed by atoms with Gasteiger partial charge < -0.3 is 0 Å². The quantitative estimate of drug-likeness (QED) is 0.125.